The van der Waals surface area contributed by atoms with Crippen LogP contribution < -0.4 is 10.1 Å². The second-order valence-electron chi connectivity index (χ2n) is 5.30. The van der Waals surface area contributed by atoms with Crippen LogP contribution in [0.2, 0.25) is 0 Å². The minimum Gasteiger partial charge on any atom is -0.494 e. The summed E-state index contributed by atoms with van der Waals surface area (Å²) in [5.74, 6) is 0.816. The number of benzene rings is 2. The highest BCUT2D eigenvalue weighted by molar-refractivity contribution is 5.29. The summed E-state index contributed by atoms with van der Waals surface area (Å²) in [6.45, 7) is 4.32. The summed E-state index contributed by atoms with van der Waals surface area (Å²) in [5, 5.41) is 13.6. The summed E-state index contributed by atoms with van der Waals surface area (Å²) >= 11 is 0. The Balaban J connectivity index is 1.69. The van der Waals surface area contributed by atoms with Crippen molar-refractivity contribution < 1.29 is 9.84 Å². The highest BCUT2D eigenvalue weighted by atomic mass is 16.5. The van der Waals surface area contributed by atoms with Gasteiger partial charge in [0, 0.05) is 0 Å². The maximum atomic E-state index is 10.2. The fraction of sp³-hybridized carbons (Fsp3) is 0.368. The van der Waals surface area contributed by atoms with Gasteiger partial charge in [0.05, 0.1) is 12.7 Å². The summed E-state index contributed by atoms with van der Waals surface area (Å²) in [7, 11) is 0. The van der Waals surface area contributed by atoms with Gasteiger partial charge >= 0.3 is 0 Å². The Bertz CT molecular complexity index is 542. The first-order valence-electron chi connectivity index (χ1n) is 7.95. The molecule has 0 bridgehead atoms. The van der Waals surface area contributed by atoms with Crippen LogP contribution >= 0.6 is 0 Å². The molecule has 0 spiro atoms. The van der Waals surface area contributed by atoms with Gasteiger partial charge in [-0.2, -0.15) is 0 Å². The lowest BCUT2D eigenvalue weighted by atomic mass is 10.1. The van der Waals surface area contributed by atoms with Gasteiger partial charge < -0.3 is 15.2 Å². The van der Waals surface area contributed by atoms with Crippen LogP contribution in [0.25, 0.3) is 0 Å². The smallest absolute Gasteiger partial charge is 0.119 e. The molecule has 2 rings (SSSR count). The Morgan fingerprint density at radius 3 is 2.64 bits per heavy atom. The topological polar surface area (TPSA) is 41.5 Å². The molecule has 0 amide bonds. The number of nitrogens with one attached hydrogen (secondary N) is 1. The highest BCUT2D eigenvalue weighted by Crippen LogP contribution is 2.21. The van der Waals surface area contributed by atoms with Crippen LogP contribution in [-0.4, -0.2) is 24.8 Å². The van der Waals surface area contributed by atoms with E-state index in [1.807, 2.05) is 37.3 Å². The van der Waals surface area contributed by atoms with Crippen molar-refractivity contribution in [1.29, 1.82) is 0 Å². The van der Waals surface area contributed by atoms with E-state index in [1.165, 1.54) is 5.56 Å². The van der Waals surface area contributed by atoms with E-state index in [9.17, 15) is 5.11 Å². The van der Waals surface area contributed by atoms with Crippen molar-refractivity contribution in [2.45, 2.75) is 25.9 Å². The Hall–Kier alpha value is -1.84. The summed E-state index contributed by atoms with van der Waals surface area (Å²) in [4.78, 5) is 0. The first-order chi connectivity index (χ1) is 10.8. The van der Waals surface area contributed by atoms with E-state index in [4.69, 9.17) is 4.74 Å². The quantitative estimate of drug-likeness (QED) is 0.698. The molecule has 0 saturated carbocycles. The second-order valence-corrected chi connectivity index (χ2v) is 5.30. The molecule has 3 heteroatoms. The van der Waals surface area contributed by atoms with E-state index in [-0.39, 0.29) is 0 Å². The maximum Gasteiger partial charge on any atom is 0.119 e. The summed E-state index contributed by atoms with van der Waals surface area (Å²) in [6.07, 6.45) is 1.26. The minimum atomic E-state index is -0.454. The fourth-order valence-electron chi connectivity index (χ4n) is 2.39. The molecule has 1 atom stereocenters. The molecule has 0 fully saturated rings. The van der Waals surface area contributed by atoms with Gasteiger partial charge in [0.1, 0.15) is 5.75 Å². The molecular weight excluding hydrogens is 274 g/mol. The number of hydrogen-bond donors (Lipinski definition) is 2. The predicted molar refractivity (Wildman–Crippen MR) is 90.2 cm³/mol. The monoisotopic (exact) mass is 299 g/mol. The standard InChI is InChI=1S/C19H25NO2/c1-2-22-18-10-6-9-17(15-18)19(21)12-14-20-13-11-16-7-4-3-5-8-16/h3-10,15,19-21H,2,11-14H2,1H3. The van der Waals surface area contributed by atoms with Crippen molar-refractivity contribution in [3.63, 3.8) is 0 Å². The molecular formula is C19H25NO2. The molecule has 2 aromatic rings. The van der Waals surface area contributed by atoms with Crippen LogP contribution in [0, 0.1) is 0 Å². The summed E-state index contributed by atoms with van der Waals surface area (Å²) in [6, 6.07) is 18.1. The van der Waals surface area contributed by atoms with Gasteiger partial charge in [0.2, 0.25) is 0 Å². The van der Waals surface area contributed by atoms with Crippen molar-refractivity contribution in [1.82, 2.24) is 5.32 Å². The van der Waals surface area contributed by atoms with Crippen LogP contribution in [0.5, 0.6) is 5.75 Å². The van der Waals surface area contributed by atoms with Gasteiger partial charge in [0.25, 0.3) is 0 Å². The SMILES string of the molecule is CCOc1cccc(C(O)CCNCCc2ccccc2)c1. The lowest BCUT2D eigenvalue weighted by molar-refractivity contribution is 0.166. The zero-order valence-corrected chi connectivity index (χ0v) is 13.2. The Morgan fingerprint density at radius 2 is 1.86 bits per heavy atom. The first kappa shape index (κ1) is 16.5. The maximum absolute atomic E-state index is 10.2. The number of rotatable bonds is 9. The van der Waals surface area contributed by atoms with Crippen LogP contribution in [0.3, 0.4) is 0 Å². The summed E-state index contributed by atoms with van der Waals surface area (Å²) in [5.41, 5.74) is 2.25. The van der Waals surface area contributed by atoms with Crippen molar-refractivity contribution in [3.8, 4) is 5.75 Å². The molecule has 0 aromatic heterocycles. The van der Waals surface area contributed by atoms with Crippen molar-refractivity contribution >= 4 is 0 Å². The fourth-order valence-corrected chi connectivity index (χ4v) is 2.39. The average Bonchev–Trinajstić information content (AvgIpc) is 2.56. The number of hydrogen-bond acceptors (Lipinski definition) is 3. The van der Waals surface area contributed by atoms with E-state index < -0.39 is 6.10 Å². The Morgan fingerprint density at radius 1 is 1.05 bits per heavy atom. The highest BCUT2D eigenvalue weighted by Gasteiger charge is 2.08. The van der Waals surface area contributed by atoms with E-state index >= 15 is 0 Å². The largest absolute Gasteiger partial charge is 0.494 e. The normalized spacial score (nSPS) is 12.1. The molecule has 0 aliphatic heterocycles. The zero-order chi connectivity index (χ0) is 15.6. The third kappa shape index (κ3) is 5.51. The molecule has 0 radical (unpaired) electrons. The van der Waals surface area contributed by atoms with Gasteiger partial charge in [-0.05, 0) is 56.1 Å². The van der Waals surface area contributed by atoms with Crippen LogP contribution in [0.1, 0.15) is 30.6 Å². The zero-order valence-electron chi connectivity index (χ0n) is 13.2. The Kier molecular flexibility index (Phi) is 6.94. The molecule has 0 aliphatic carbocycles. The van der Waals surface area contributed by atoms with Gasteiger partial charge in [-0.1, -0.05) is 42.5 Å². The third-order valence-corrected chi connectivity index (χ3v) is 3.58. The van der Waals surface area contributed by atoms with Crippen LogP contribution in [-0.2, 0) is 6.42 Å². The number of aliphatic hydroxyl groups is 1. The van der Waals surface area contributed by atoms with Gasteiger partial charge in [-0.15, -0.1) is 0 Å². The van der Waals surface area contributed by atoms with Crippen molar-refractivity contribution in [3.05, 3.63) is 65.7 Å². The van der Waals surface area contributed by atoms with Crippen LogP contribution in [0.15, 0.2) is 54.6 Å². The molecule has 22 heavy (non-hydrogen) atoms. The summed E-state index contributed by atoms with van der Waals surface area (Å²) < 4.78 is 5.46. The molecule has 0 aliphatic rings. The molecule has 2 aromatic carbocycles. The molecule has 1 unspecified atom stereocenters. The minimum absolute atomic E-state index is 0.454. The second kappa shape index (κ2) is 9.23. The van der Waals surface area contributed by atoms with E-state index in [1.54, 1.807) is 0 Å². The Labute approximate surface area is 133 Å². The molecule has 0 heterocycles. The first-order valence-corrected chi connectivity index (χ1v) is 7.95. The molecule has 118 valence electrons. The molecule has 2 N–H and O–H groups in total. The van der Waals surface area contributed by atoms with Crippen LogP contribution in [0.4, 0.5) is 0 Å². The molecule has 3 nitrogen and oxygen atoms in total. The van der Waals surface area contributed by atoms with Gasteiger partial charge in [0.15, 0.2) is 0 Å². The lowest BCUT2D eigenvalue weighted by Crippen LogP contribution is -2.20. The predicted octanol–water partition coefficient (Wildman–Crippen LogP) is 3.34. The van der Waals surface area contributed by atoms with E-state index in [0.717, 1.165) is 30.8 Å². The molecule has 0 saturated heterocycles. The van der Waals surface area contributed by atoms with Gasteiger partial charge in [-0.3, -0.25) is 0 Å². The van der Waals surface area contributed by atoms with E-state index in [0.29, 0.717) is 13.0 Å². The lowest BCUT2D eigenvalue weighted by Gasteiger charge is -2.13. The van der Waals surface area contributed by atoms with Crippen molar-refractivity contribution in [2.24, 2.45) is 0 Å². The number of aliphatic hydroxyl groups excluding tert-OH is 1. The van der Waals surface area contributed by atoms with Gasteiger partial charge in [-0.25, -0.2) is 0 Å². The van der Waals surface area contributed by atoms with Crippen molar-refractivity contribution in [2.75, 3.05) is 19.7 Å². The third-order valence-electron chi connectivity index (χ3n) is 3.58. The number of ether oxygens (including phenoxy) is 1. The van der Waals surface area contributed by atoms with E-state index in [2.05, 4.69) is 29.6 Å². The average molecular weight is 299 g/mol.